The minimum Gasteiger partial charge on any atom is -0.377 e. The van der Waals surface area contributed by atoms with Gasteiger partial charge in [-0.15, -0.1) is 11.8 Å². The summed E-state index contributed by atoms with van der Waals surface area (Å²) >= 11 is 0. The number of rotatable bonds is 0. The average Bonchev–Trinajstić information content (AvgIpc) is 3.69. The van der Waals surface area contributed by atoms with E-state index in [2.05, 4.69) is 49.7 Å². The molecule has 0 aromatic carbocycles. The van der Waals surface area contributed by atoms with Crippen molar-refractivity contribution in [3.05, 3.63) is 23.3 Å². The van der Waals surface area contributed by atoms with Gasteiger partial charge in [0.1, 0.15) is 33.6 Å². The first-order chi connectivity index (χ1) is 25.8. The monoisotopic (exact) mass is 740 g/mol. The Morgan fingerprint density at radius 2 is 0.963 bits per heavy atom. The zero-order valence-electron chi connectivity index (χ0n) is 33.0. The summed E-state index contributed by atoms with van der Waals surface area (Å²) in [7, 11) is 0. The van der Waals surface area contributed by atoms with E-state index in [4.69, 9.17) is 28.4 Å². The van der Waals surface area contributed by atoms with Gasteiger partial charge in [0, 0.05) is 36.5 Å². The van der Waals surface area contributed by atoms with Crippen molar-refractivity contribution >= 4 is 0 Å². The number of hydrogen-bond acceptors (Lipinski definition) is 8. The van der Waals surface area contributed by atoms with Crippen molar-refractivity contribution in [2.75, 3.05) is 26.4 Å². The average molecular weight is 741 g/mol. The fourth-order valence-electron chi connectivity index (χ4n) is 15.5. The predicted molar refractivity (Wildman–Crippen MR) is 199 cm³/mol. The largest absolute Gasteiger partial charge is 0.377 e. The van der Waals surface area contributed by atoms with Crippen LogP contribution in [0.5, 0.6) is 0 Å². The Kier molecular flexibility index (Phi) is 7.26. The second kappa shape index (κ2) is 11.1. The van der Waals surface area contributed by atoms with E-state index in [1.165, 1.54) is 11.1 Å². The Bertz CT molecular complexity index is 1700. The standard InChI is InChI=1S/2C23H30O4/c2*1-3-7-20(24)9-6-17-16-4-10-21-15-22(25-13-14-26-22)11-12-23(21,27-21)18(16)5-8-19(17,20)2/h2*5,16-17,24H,4,6,8-15H2,1-2H3/t2*16-,17-,19-,20-,21+,23+/m00/s1. The quantitative estimate of drug-likeness (QED) is 0.162. The molecule has 4 aliphatic heterocycles. The predicted octanol–water partition coefficient (Wildman–Crippen LogP) is 6.66. The second-order valence-electron chi connectivity index (χ2n) is 20.0. The van der Waals surface area contributed by atoms with Crippen molar-refractivity contribution in [3.63, 3.8) is 0 Å². The van der Waals surface area contributed by atoms with Crippen LogP contribution >= 0.6 is 0 Å². The summed E-state index contributed by atoms with van der Waals surface area (Å²) in [6.45, 7) is 11.1. The van der Waals surface area contributed by atoms with Crippen molar-refractivity contribution in [1.82, 2.24) is 0 Å². The summed E-state index contributed by atoms with van der Waals surface area (Å²) in [5, 5.41) is 22.6. The molecule has 2 spiro atoms. The molecular formula is C46H60O8. The zero-order valence-corrected chi connectivity index (χ0v) is 33.0. The fourth-order valence-corrected chi connectivity index (χ4v) is 15.5. The normalized spacial score (nSPS) is 54.1. The summed E-state index contributed by atoms with van der Waals surface area (Å²) in [5.41, 5.74) is 0.848. The lowest BCUT2D eigenvalue weighted by molar-refractivity contribution is -0.185. The van der Waals surface area contributed by atoms with Crippen LogP contribution in [-0.4, -0.2) is 81.8 Å². The van der Waals surface area contributed by atoms with E-state index in [1.54, 1.807) is 0 Å². The van der Waals surface area contributed by atoms with Gasteiger partial charge < -0.3 is 38.6 Å². The van der Waals surface area contributed by atoms with E-state index in [-0.39, 0.29) is 44.8 Å². The first-order valence-electron chi connectivity index (χ1n) is 21.5. The number of aliphatic hydroxyl groups is 2. The molecule has 4 heterocycles. The van der Waals surface area contributed by atoms with Gasteiger partial charge in [0.2, 0.25) is 0 Å². The third kappa shape index (κ3) is 4.21. The molecule has 0 aromatic rings. The lowest BCUT2D eigenvalue weighted by Crippen LogP contribution is -2.53. The number of hydrogen-bond donors (Lipinski definition) is 2. The minimum absolute atomic E-state index is 0.0657. The van der Waals surface area contributed by atoms with Crippen molar-refractivity contribution in [1.29, 1.82) is 0 Å². The van der Waals surface area contributed by atoms with Crippen LogP contribution in [0.25, 0.3) is 0 Å². The van der Waals surface area contributed by atoms with Crippen molar-refractivity contribution < 1.29 is 38.6 Å². The molecule has 54 heavy (non-hydrogen) atoms. The van der Waals surface area contributed by atoms with Crippen molar-refractivity contribution in [2.45, 2.75) is 176 Å². The summed E-state index contributed by atoms with van der Waals surface area (Å²) in [5.74, 6) is 13.7. The highest BCUT2D eigenvalue weighted by Gasteiger charge is 2.81. The number of ether oxygens (including phenoxy) is 6. The van der Waals surface area contributed by atoms with Crippen LogP contribution in [0.1, 0.15) is 130 Å². The summed E-state index contributed by atoms with van der Waals surface area (Å²) in [6, 6.07) is 0. The van der Waals surface area contributed by atoms with E-state index < -0.39 is 11.2 Å². The second-order valence-corrected chi connectivity index (χ2v) is 20.0. The molecule has 8 nitrogen and oxygen atoms in total. The Morgan fingerprint density at radius 1 is 0.556 bits per heavy atom. The molecule has 2 N–H and O–H groups in total. The van der Waals surface area contributed by atoms with Crippen LogP contribution < -0.4 is 0 Å². The minimum atomic E-state index is -0.840. The smallest absolute Gasteiger partial charge is 0.171 e. The van der Waals surface area contributed by atoms with Crippen molar-refractivity contribution in [2.24, 2.45) is 34.5 Å². The maximum absolute atomic E-state index is 11.3. The van der Waals surface area contributed by atoms with Gasteiger partial charge in [0.05, 0.1) is 26.4 Å². The van der Waals surface area contributed by atoms with Crippen LogP contribution in [0.15, 0.2) is 23.3 Å². The van der Waals surface area contributed by atoms with E-state index in [0.717, 1.165) is 103 Å². The third-order valence-corrected chi connectivity index (χ3v) is 18.3. The van der Waals surface area contributed by atoms with Gasteiger partial charge in [-0.1, -0.05) is 37.8 Å². The van der Waals surface area contributed by atoms with Gasteiger partial charge in [-0.2, -0.15) is 0 Å². The molecule has 12 atom stereocenters. The Hall–Kier alpha value is -1.72. The highest BCUT2D eigenvalue weighted by atomic mass is 16.7. The van der Waals surface area contributed by atoms with Crippen LogP contribution in [0.3, 0.4) is 0 Å². The van der Waals surface area contributed by atoms with Crippen molar-refractivity contribution in [3.8, 4) is 23.7 Å². The first kappa shape index (κ1) is 35.4. The molecule has 292 valence electrons. The molecule has 0 aromatic heterocycles. The summed E-state index contributed by atoms with van der Waals surface area (Å²) in [6.07, 6.45) is 20.6. The molecule has 8 heteroatoms. The Balaban J connectivity index is 0.000000126. The van der Waals surface area contributed by atoms with Gasteiger partial charge in [0.15, 0.2) is 11.6 Å². The van der Waals surface area contributed by atoms with Gasteiger partial charge in [-0.25, -0.2) is 0 Å². The molecule has 12 aliphatic rings. The zero-order chi connectivity index (χ0) is 37.1. The van der Waals surface area contributed by atoms with Gasteiger partial charge in [-0.05, 0) is 126 Å². The number of epoxide rings is 2. The van der Waals surface area contributed by atoms with Crippen LogP contribution in [0.4, 0.5) is 0 Å². The van der Waals surface area contributed by atoms with Gasteiger partial charge in [-0.3, -0.25) is 0 Å². The molecule has 6 saturated carbocycles. The summed E-state index contributed by atoms with van der Waals surface area (Å²) < 4.78 is 37.4. The highest BCUT2D eigenvalue weighted by molar-refractivity contribution is 5.46. The number of fused-ring (bicyclic) bond motifs is 6. The lowest BCUT2D eigenvalue weighted by Gasteiger charge is -2.51. The molecule has 0 bridgehead atoms. The molecular weight excluding hydrogens is 680 g/mol. The molecule has 8 aliphatic carbocycles. The first-order valence-corrected chi connectivity index (χ1v) is 21.5. The lowest BCUT2D eigenvalue weighted by atomic mass is 9.53. The third-order valence-electron chi connectivity index (χ3n) is 18.3. The van der Waals surface area contributed by atoms with Crippen LogP contribution in [0.2, 0.25) is 0 Å². The van der Waals surface area contributed by atoms with Gasteiger partial charge in [0.25, 0.3) is 0 Å². The summed E-state index contributed by atoms with van der Waals surface area (Å²) in [4.78, 5) is 0. The van der Waals surface area contributed by atoms with Crippen LogP contribution in [-0.2, 0) is 28.4 Å². The van der Waals surface area contributed by atoms with E-state index in [1.807, 2.05) is 13.8 Å². The highest BCUT2D eigenvalue weighted by Crippen LogP contribution is 2.76. The Labute approximate surface area is 321 Å². The maximum atomic E-state index is 11.3. The molecule has 4 saturated heterocycles. The van der Waals surface area contributed by atoms with E-state index in [9.17, 15) is 10.2 Å². The number of allylic oxidation sites excluding steroid dienone is 2. The van der Waals surface area contributed by atoms with E-state index in [0.29, 0.717) is 50.1 Å². The van der Waals surface area contributed by atoms with Crippen LogP contribution in [0, 0.1) is 58.2 Å². The maximum Gasteiger partial charge on any atom is 0.171 e. The fraction of sp³-hybridized carbons (Fsp3) is 0.826. The molecule has 0 radical (unpaired) electrons. The molecule has 0 unspecified atom stereocenters. The van der Waals surface area contributed by atoms with Gasteiger partial charge >= 0.3 is 0 Å². The SMILES string of the molecule is CC#C[C@]1(O)CC[C@H]2[C@@H]3CC[C@@]45CC6(CC[C@@]4(O5)C3=CC[C@@]21C)OCCO6.CC#C[C@]1(O)CC[C@H]2[C@@H]3CC[C@@]45CC6(CC[C@@]4(O5)C3=CC[C@@]21C)OCCO6. The van der Waals surface area contributed by atoms with E-state index >= 15 is 0 Å². The Morgan fingerprint density at radius 3 is 1.35 bits per heavy atom. The topological polar surface area (TPSA) is 102 Å². The molecule has 10 fully saturated rings. The molecule has 12 rings (SSSR count). The molecule has 0 amide bonds.